The maximum absolute atomic E-state index is 12.8. The molecule has 0 unspecified atom stereocenters. The van der Waals surface area contributed by atoms with Gasteiger partial charge in [-0.15, -0.1) is 11.6 Å². The Hall–Kier alpha value is -2.80. The molecule has 1 saturated heterocycles. The highest BCUT2D eigenvalue weighted by Crippen LogP contribution is 2.57. The van der Waals surface area contributed by atoms with Gasteiger partial charge in [0.05, 0.1) is 39.2 Å². The van der Waals surface area contributed by atoms with Crippen molar-refractivity contribution in [3.63, 3.8) is 0 Å². The quantitative estimate of drug-likeness (QED) is 0.539. The molecule has 4 atom stereocenters. The van der Waals surface area contributed by atoms with E-state index in [9.17, 15) is 4.79 Å². The first kappa shape index (κ1) is 19.2. The minimum absolute atomic E-state index is 0.156. The first-order valence-electron chi connectivity index (χ1n) is 9.61. The second-order valence-electron chi connectivity index (χ2n) is 7.49. The number of cyclic esters (lactones) is 1. The summed E-state index contributed by atoms with van der Waals surface area (Å²) < 4.78 is 33.1. The van der Waals surface area contributed by atoms with Crippen molar-refractivity contribution in [2.75, 3.05) is 34.7 Å². The fourth-order valence-electron chi connectivity index (χ4n) is 4.78. The number of carbonyl (C=O) groups excluding carboxylic acids is 1. The molecular formula is C22H21ClO7. The van der Waals surface area contributed by atoms with E-state index in [1.807, 2.05) is 24.3 Å². The summed E-state index contributed by atoms with van der Waals surface area (Å²) >= 11 is 6.83. The van der Waals surface area contributed by atoms with Crippen LogP contribution in [0.5, 0.6) is 28.7 Å². The second kappa shape index (κ2) is 7.16. The Morgan fingerprint density at radius 3 is 2.13 bits per heavy atom. The van der Waals surface area contributed by atoms with Crippen LogP contribution in [-0.2, 0) is 9.53 Å². The number of fused-ring (bicyclic) bond motifs is 3. The zero-order chi connectivity index (χ0) is 21.0. The van der Waals surface area contributed by atoms with Crippen LogP contribution in [-0.4, -0.2) is 40.7 Å². The number of hydrogen-bond donors (Lipinski definition) is 0. The number of ether oxygens (including phenoxy) is 6. The van der Waals surface area contributed by atoms with Gasteiger partial charge in [0, 0.05) is 11.8 Å². The van der Waals surface area contributed by atoms with Crippen molar-refractivity contribution in [3.8, 4) is 28.7 Å². The van der Waals surface area contributed by atoms with Gasteiger partial charge in [-0.1, -0.05) is 0 Å². The van der Waals surface area contributed by atoms with E-state index in [-0.39, 0.29) is 36.6 Å². The molecule has 2 heterocycles. The van der Waals surface area contributed by atoms with Crippen LogP contribution in [0.25, 0.3) is 0 Å². The van der Waals surface area contributed by atoms with Gasteiger partial charge >= 0.3 is 5.97 Å². The Morgan fingerprint density at radius 1 is 0.900 bits per heavy atom. The van der Waals surface area contributed by atoms with E-state index < -0.39 is 5.92 Å². The average molecular weight is 433 g/mol. The molecule has 2 aromatic carbocycles. The number of benzene rings is 2. The predicted octanol–water partition coefficient (Wildman–Crippen LogP) is 3.66. The Balaban J connectivity index is 1.74. The van der Waals surface area contributed by atoms with Crippen molar-refractivity contribution in [1.29, 1.82) is 0 Å². The maximum atomic E-state index is 12.8. The number of alkyl halides is 1. The van der Waals surface area contributed by atoms with Gasteiger partial charge in [-0.25, -0.2) is 0 Å². The third kappa shape index (κ3) is 2.68. The number of rotatable bonds is 4. The van der Waals surface area contributed by atoms with Gasteiger partial charge in [0.25, 0.3) is 0 Å². The summed E-state index contributed by atoms with van der Waals surface area (Å²) in [5, 5.41) is -0.371. The highest BCUT2D eigenvalue weighted by molar-refractivity contribution is 6.21. The van der Waals surface area contributed by atoms with Gasteiger partial charge in [0.15, 0.2) is 23.0 Å². The fourth-order valence-corrected chi connectivity index (χ4v) is 5.19. The lowest BCUT2D eigenvalue weighted by Crippen LogP contribution is -2.33. The molecule has 8 heteroatoms. The molecule has 0 aromatic heterocycles. The normalized spacial score (nSPS) is 25.9. The summed E-state index contributed by atoms with van der Waals surface area (Å²) in [6.45, 7) is 0.446. The monoisotopic (exact) mass is 432 g/mol. The number of methoxy groups -OCH3 is 3. The van der Waals surface area contributed by atoms with Crippen LogP contribution < -0.4 is 23.7 Å². The van der Waals surface area contributed by atoms with Crippen molar-refractivity contribution in [2.24, 2.45) is 11.8 Å². The van der Waals surface area contributed by atoms with Crippen molar-refractivity contribution in [2.45, 2.75) is 11.3 Å². The number of esters is 1. The molecule has 2 aromatic rings. The van der Waals surface area contributed by atoms with E-state index >= 15 is 0 Å². The highest BCUT2D eigenvalue weighted by atomic mass is 35.5. The summed E-state index contributed by atoms with van der Waals surface area (Å²) in [6.07, 6.45) is 0. The van der Waals surface area contributed by atoms with Gasteiger partial charge in [-0.3, -0.25) is 4.79 Å². The molecule has 2 aliphatic heterocycles. The standard InChI is InChI=1S/C22H21ClO7/c1-25-16-4-10(5-17(26-2)21(16)27-3)18-11-6-14-15(30-9-29-14)7-12(11)20(23)13-8-28-22(24)19(13)18/h4-7,13,18-20H,8-9H2,1-3H3/t13-,18-,19-,20+/m0/s1. The molecule has 30 heavy (non-hydrogen) atoms. The van der Waals surface area contributed by atoms with E-state index in [0.717, 1.165) is 16.7 Å². The van der Waals surface area contributed by atoms with Crippen molar-refractivity contribution < 1.29 is 33.2 Å². The van der Waals surface area contributed by atoms with Crippen LogP contribution in [0.3, 0.4) is 0 Å². The van der Waals surface area contributed by atoms with Crippen LogP contribution in [0.15, 0.2) is 24.3 Å². The third-order valence-corrected chi connectivity index (χ3v) is 6.70. The van der Waals surface area contributed by atoms with Crippen molar-refractivity contribution in [3.05, 3.63) is 41.0 Å². The molecule has 0 N–H and O–H groups in total. The fraction of sp³-hybridized carbons (Fsp3) is 0.409. The Labute approximate surface area is 178 Å². The van der Waals surface area contributed by atoms with E-state index in [0.29, 0.717) is 28.7 Å². The van der Waals surface area contributed by atoms with Gasteiger partial charge in [-0.05, 0) is 41.0 Å². The lowest BCUT2D eigenvalue weighted by atomic mass is 9.67. The largest absolute Gasteiger partial charge is 0.493 e. The highest BCUT2D eigenvalue weighted by Gasteiger charge is 2.52. The second-order valence-corrected chi connectivity index (χ2v) is 7.96. The van der Waals surface area contributed by atoms with E-state index in [2.05, 4.69) is 0 Å². The number of hydrogen-bond acceptors (Lipinski definition) is 7. The topological polar surface area (TPSA) is 72.5 Å². The molecular weight excluding hydrogens is 412 g/mol. The Kier molecular flexibility index (Phi) is 4.58. The van der Waals surface area contributed by atoms with Gasteiger partial charge in [0.1, 0.15) is 0 Å². The van der Waals surface area contributed by atoms with Gasteiger partial charge in [0.2, 0.25) is 12.5 Å². The smallest absolute Gasteiger partial charge is 0.310 e. The summed E-state index contributed by atoms with van der Waals surface area (Å²) in [4.78, 5) is 12.8. The predicted molar refractivity (Wildman–Crippen MR) is 107 cm³/mol. The first-order valence-corrected chi connectivity index (χ1v) is 10.0. The molecule has 0 saturated carbocycles. The molecule has 158 valence electrons. The summed E-state index contributed by atoms with van der Waals surface area (Å²) in [7, 11) is 4.68. The maximum Gasteiger partial charge on any atom is 0.310 e. The SMILES string of the molecule is COc1cc([C@H]2c3cc4c(cc3[C@@H](Cl)[C@H]3COC(=O)[C@H]23)OCO4)cc(OC)c1OC. The molecule has 7 nitrogen and oxygen atoms in total. The zero-order valence-electron chi connectivity index (χ0n) is 16.8. The molecule has 5 rings (SSSR count). The molecule has 3 aliphatic rings. The number of carbonyl (C=O) groups is 1. The average Bonchev–Trinajstić information content (AvgIpc) is 3.38. The molecule has 0 radical (unpaired) electrons. The molecule has 0 spiro atoms. The molecule has 1 aliphatic carbocycles. The zero-order valence-corrected chi connectivity index (χ0v) is 17.5. The van der Waals surface area contributed by atoms with Crippen LogP contribution in [0.2, 0.25) is 0 Å². The minimum Gasteiger partial charge on any atom is -0.493 e. The lowest BCUT2D eigenvalue weighted by molar-refractivity contribution is -0.141. The van der Waals surface area contributed by atoms with Crippen LogP contribution in [0.1, 0.15) is 28.0 Å². The van der Waals surface area contributed by atoms with Crippen molar-refractivity contribution >= 4 is 17.6 Å². The summed E-state index contributed by atoms with van der Waals surface area (Å²) in [5.41, 5.74) is 2.68. The van der Waals surface area contributed by atoms with Crippen LogP contribution in [0, 0.1) is 11.8 Å². The Morgan fingerprint density at radius 2 is 1.53 bits per heavy atom. The minimum atomic E-state index is -0.428. The summed E-state index contributed by atoms with van der Waals surface area (Å²) in [5.74, 6) is 1.68. The number of halogens is 1. The molecule has 1 fully saturated rings. The van der Waals surface area contributed by atoms with E-state index in [1.54, 1.807) is 21.3 Å². The summed E-state index contributed by atoms with van der Waals surface area (Å²) in [6, 6.07) is 7.58. The van der Waals surface area contributed by atoms with Gasteiger partial charge < -0.3 is 28.4 Å². The lowest BCUT2D eigenvalue weighted by Gasteiger charge is -2.36. The van der Waals surface area contributed by atoms with Crippen molar-refractivity contribution in [1.82, 2.24) is 0 Å². The molecule has 0 amide bonds. The molecule has 0 bridgehead atoms. The van der Waals surface area contributed by atoms with Crippen LogP contribution >= 0.6 is 11.6 Å². The van der Waals surface area contributed by atoms with Crippen LogP contribution in [0.4, 0.5) is 0 Å². The van der Waals surface area contributed by atoms with E-state index in [4.69, 9.17) is 40.0 Å². The first-order chi connectivity index (χ1) is 14.6. The Bertz CT molecular complexity index is 996. The third-order valence-electron chi connectivity index (χ3n) is 6.14. The van der Waals surface area contributed by atoms with E-state index in [1.165, 1.54) is 0 Å². The van der Waals surface area contributed by atoms with Gasteiger partial charge in [-0.2, -0.15) is 0 Å².